The SMILES string of the molecule is CCn1cc(/C=C/C(=O)c2cc(C)nn2C)c(C)n1. The van der Waals surface area contributed by atoms with E-state index in [9.17, 15) is 4.79 Å². The molecular formula is C14H18N4O. The molecule has 0 aliphatic heterocycles. The molecule has 0 aromatic carbocycles. The van der Waals surface area contributed by atoms with E-state index in [1.54, 1.807) is 29.9 Å². The van der Waals surface area contributed by atoms with Gasteiger partial charge in [-0.1, -0.05) is 0 Å². The Morgan fingerprint density at radius 2 is 2.11 bits per heavy atom. The summed E-state index contributed by atoms with van der Waals surface area (Å²) in [5.74, 6) is -0.0493. The van der Waals surface area contributed by atoms with Crippen LogP contribution >= 0.6 is 0 Å². The number of hydrogen-bond donors (Lipinski definition) is 0. The van der Waals surface area contributed by atoms with Crippen molar-refractivity contribution in [3.05, 3.63) is 41.0 Å². The fourth-order valence-corrected chi connectivity index (χ4v) is 1.95. The summed E-state index contributed by atoms with van der Waals surface area (Å²) in [5, 5.41) is 8.51. The third-order valence-electron chi connectivity index (χ3n) is 2.98. The predicted octanol–water partition coefficient (Wildman–Crippen LogP) is 2.15. The third kappa shape index (κ3) is 2.81. The average molecular weight is 258 g/mol. The lowest BCUT2D eigenvalue weighted by Crippen LogP contribution is -2.03. The highest BCUT2D eigenvalue weighted by Crippen LogP contribution is 2.10. The molecule has 0 unspecified atom stereocenters. The Morgan fingerprint density at radius 1 is 1.37 bits per heavy atom. The Hall–Kier alpha value is -2.17. The number of carbonyl (C=O) groups is 1. The quantitative estimate of drug-likeness (QED) is 0.623. The fourth-order valence-electron chi connectivity index (χ4n) is 1.95. The van der Waals surface area contributed by atoms with Crippen LogP contribution in [-0.2, 0) is 13.6 Å². The van der Waals surface area contributed by atoms with Gasteiger partial charge >= 0.3 is 0 Å². The number of aromatic nitrogens is 4. The lowest BCUT2D eigenvalue weighted by Gasteiger charge is -1.95. The molecule has 19 heavy (non-hydrogen) atoms. The number of nitrogens with zero attached hydrogens (tertiary/aromatic N) is 4. The molecule has 2 aromatic heterocycles. The molecule has 2 heterocycles. The van der Waals surface area contributed by atoms with Crippen molar-refractivity contribution in [3.63, 3.8) is 0 Å². The summed E-state index contributed by atoms with van der Waals surface area (Å²) >= 11 is 0. The summed E-state index contributed by atoms with van der Waals surface area (Å²) in [6, 6.07) is 1.79. The summed E-state index contributed by atoms with van der Waals surface area (Å²) in [5.41, 5.74) is 3.32. The zero-order valence-corrected chi connectivity index (χ0v) is 11.7. The van der Waals surface area contributed by atoms with Crippen LogP contribution in [0.4, 0.5) is 0 Å². The Morgan fingerprint density at radius 3 is 2.63 bits per heavy atom. The van der Waals surface area contributed by atoms with Crippen molar-refractivity contribution in [2.24, 2.45) is 7.05 Å². The van der Waals surface area contributed by atoms with Gasteiger partial charge in [-0.05, 0) is 39.0 Å². The van der Waals surface area contributed by atoms with Gasteiger partial charge in [-0.3, -0.25) is 14.2 Å². The molecule has 2 rings (SSSR count). The summed E-state index contributed by atoms with van der Waals surface area (Å²) in [4.78, 5) is 12.1. The van der Waals surface area contributed by atoms with Crippen LogP contribution in [0, 0.1) is 13.8 Å². The van der Waals surface area contributed by atoms with Gasteiger partial charge < -0.3 is 0 Å². The van der Waals surface area contributed by atoms with Crippen LogP contribution in [0.5, 0.6) is 0 Å². The number of ketones is 1. The second kappa shape index (κ2) is 5.22. The molecule has 0 spiro atoms. The van der Waals surface area contributed by atoms with Gasteiger partial charge in [0.05, 0.1) is 11.4 Å². The Kier molecular flexibility index (Phi) is 3.64. The molecular weight excluding hydrogens is 240 g/mol. The number of allylic oxidation sites excluding steroid dienone is 1. The van der Waals surface area contributed by atoms with Crippen LogP contribution in [0.25, 0.3) is 6.08 Å². The van der Waals surface area contributed by atoms with Gasteiger partial charge in [0.1, 0.15) is 5.69 Å². The van der Waals surface area contributed by atoms with Gasteiger partial charge in [0.15, 0.2) is 0 Å². The Labute approximate surface area is 112 Å². The number of aryl methyl sites for hydroxylation is 4. The highest BCUT2D eigenvalue weighted by atomic mass is 16.1. The van der Waals surface area contributed by atoms with Crippen LogP contribution in [0.1, 0.15) is 34.4 Å². The maximum atomic E-state index is 12.1. The second-order valence-electron chi connectivity index (χ2n) is 4.52. The zero-order chi connectivity index (χ0) is 14.0. The van der Waals surface area contributed by atoms with Crippen LogP contribution in [0.2, 0.25) is 0 Å². The molecule has 100 valence electrons. The fraction of sp³-hybridized carbons (Fsp3) is 0.357. The van der Waals surface area contributed by atoms with E-state index < -0.39 is 0 Å². The molecule has 0 bridgehead atoms. The first-order chi connectivity index (χ1) is 9.01. The van der Waals surface area contributed by atoms with Gasteiger partial charge in [-0.25, -0.2) is 0 Å². The van der Waals surface area contributed by atoms with Crippen molar-refractivity contribution in [3.8, 4) is 0 Å². The minimum Gasteiger partial charge on any atom is -0.288 e. The molecule has 5 heteroatoms. The smallest absolute Gasteiger partial charge is 0.203 e. The second-order valence-corrected chi connectivity index (χ2v) is 4.52. The van der Waals surface area contributed by atoms with E-state index in [1.165, 1.54) is 0 Å². The van der Waals surface area contributed by atoms with E-state index in [2.05, 4.69) is 10.2 Å². The maximum Gasteiger partial charge on any atom is 0.203 e. The van der Waals surface area contributed by atoms with Crippen LogP contribution in [-0.4, -0.2) is 25.3 Å². The summed E-state index contributed by atoms with van der Waals surface area (Å²) in [6.07, 6.45) is 5.31. The summed E-state index contributed by atoms with van der Waals surface area (Å²) in [7, 11) is 1.77. The van der Waals surface area contributed by atoms with Gasteiger partial charge in [0, 0.05) is 25.4 Å². The molecule has 0 atom stereocenters. The van der Waals surface area contributed by atoms with Crippen molar-refractivity contribution in [1.29, 1.82) is 0 Å². The van der Waals surface area contributed by atoms with Crippen molar-refractivity contribution in [1.82, 2.24) is 19.6 Å². The largest absolute Gasteiger partial charge is 0.288 e. The van der Waals surface area contributed by atoms with Gasteiger partial charge in [0.2, 0.25) is 5.78 Å². The maximum absolute atomic E-state index is 12.1. The molecule has 0 N–H and O–H groups in total. The lowest BCUT2D eigenvalue weighted by atomic mass is 10.2. The topological polar surface area (TPSA) is 52.7 Å². The van der Waals surface area contributed by atoms with Gasteiger partial charge in [0.25, 0.3) is 0 Å². The van der Waals surface area contributed by atoms with Crippen LogP contribution in [0.15, 0.2) is 18.3 Å². The highest BCUT2D eigenvalue weighted by Gasteiger charge is 2.09. The predicted molar refractivity (Wildman–Crippen MR) is 73.9 cm³/mol. The highest BCUT2D eigenvalue weighted by molar-refractivity contribution is 6.05. The third-order valence-corrected chi connectivity index (χ3v) is 2.98. The van der Waals surface area contributed by atoms with E-state index in [4.69, 9.17) is 0 Å². The van der Waals surface area contributed by atoms with E-state index in [-0.39, 0.29) is 5.78 Å². The first-order valence-electron chi connectivity index (χ1n) is 6.28. The van der Waals surface area contributed by atoms with Gasteiger partial charge in [-0.15, -0.1) is 0 Å². The standard InChI is InChI=1S/C14H18N4O/c1-5-18-9-12(11(3)16-18)6-7-14(19)13-8-10(2)15-17(13)4/h6-9H,5H2,1-4H3/b7-6+. The molecule has 5 nitrogen and oxygen atoms in total. The van der Waals surface area contributed by atoms with E-state index >= 15 is 0 Å². The molecule has 0 aliphatic rings. The molecule has 0 saturated carbocycles. The van der Waals surface area contributed by atoms with Crippen molar-refractivity contribution < 1.29 is 4.79 Å². The Bertz CT molecular complexity index is 634. The van der Waals surface area contributed by atoms with Crippen molar-refractivity contribution in [2.75, 3.05) is 0 Å². The first-order valence-corrected chi connectivity index (χ1v) is 6.28. The van der Waals surface area contributed by atoms with E-state index in [0.29, 0.717) is 5.69 Å². The molecule has 0 aliphatic carbocycles. The molecule has 2 aromatic rings. The van der Waals surface area contributed by atoms with Crippen molar-refractivity contribution >= 4 is 11.9 Å². The number of hydrogen-bond acceptors (Lipinski definition) is 3. The lowest BCUT2D eigenvalue weighted by molar-refractivity contribution is 0.103. The molecule has 0 amide bonds. The first kappa shape index (κ1) is 13.3. The van der Waals surface area contributed by atoms with E-state index in [1.807, 2.05) is 31.6 Å². The zero-order valence-electron chi connectivity index (χ0n) is 11.7. The Balaban J connectivity index is 2.20. The average Bonchev–Trinajstić information content (AvgIpc) is 2.89. The van der Waals surface area contributed by atoms with Gasteiger partial charge in [-0.2, -0.15) is 10.2 Å². The summed E-state index contributed by atoms with van der Waals surface area (Å²) in [6.45, 7) is 6.66. The normalized spacial score (nSPS) is 11.4. The van der Waals surface area contributed by atoms with Crippen LogP contribution in [0.3, 0.4) is 0 Å². The molecule has 0 saturated heterocycles. The monoisotopic (exact) mass is 258 g/mol. The minimum atomic E-state index is -0.0493. The van der Waals surface area contributed by atoms with Crippen molar-refractivity contribution in [2.45, 2.75) is 27.3 Å². The van der Waals surface area contributed by atoms with Crippen LogP contribution < -0.4 is 0 Å². The summed E-state index contributed by atoms with van der Waals surface area (Å²) < 4.78 is 3.46. The minimum absolute atomic E-state index is 0.0493. The molecule has 0 radical (unpaired) electrons. The number of carbonyl (C=O) groups excluding carboxylic acids is 1. The van der Waals surface area contributed by atoms with E-state index in [0.717, 1.165) is 23.5 Å². The molecule has 0 fully saturated rings. The number of rotatable bonds is 4.